The fraction of sp³-hybridized carbons (Fsp3) is 0.385. The third-order valence-electron chi connectivity index (χ3n) is 3.24. The lowest BCUT2D eigenvalue weighted by molar-refractivity contribution is 0.386. The minimum atomic E-state index is 0.251. The highest BCUT2D eigenvalue weighted by molar-refractivity contribution is 7.17. The van der Waals surface area contributed by atoms with Gasteiger partial charge in [-0.3, -0.25) is 11.3 Å². The van der Waals surface area contributed by atoms with Crippen molar-refractivity contribution in [3.8, 4) is 0 Å². The zero-order valence-corrected chi connectivity index (χ0v) is 10.6. The molecule has 0 amide bonds. The summed E-state index contributed by atoms with van der Waals surface area (Å²) in [5, 5.41) is 3.55. The van der Waals surface area contributed by atoms with Gasteiger partial charge in [0.15, 0.2) is 0 Å². The van der Waals surface area contributed by atoms with Gasteiger partial charge in [-0.05, 0) is 28.3 Å². The largest absolute Gasteiger partial charge is 0.271 e. The van der Waals surface area contributed by atoms with Crippen molar-refractivity contribution in [2.45, 2.75) is 26.3 Å². The Bertz CT molecular complexity index is 464. The number of hydrazine groups is 1. The van der Waals surface area contributed by atoms with Crippen molar-refractivity contribution in [1.29, 1.82) is 0 Å². The summed E-state index contributed by atoms with van der Waals surface area (Å²) in [5.74, 6) is 6.23. The summed E-state index contributed by atoms with van der Waals surface area (Å²) >= 11 is 1.79. The van der Waals surface area contributed by atoms with E-state index < -0.39 is 0 Å². The molecular weight excluding hydrogens is 216 g/mol. The number of nitrogens with two attached hydrogens (primary N) is 1. The van der Waals surface area contributed by atoms with Gasteiger partial charge >= 0.3 is 0 Å². The number of benzene rings is 1. The Kier molecular flexibility index (Phi) is 3.59. The average molecular weight is 234 g/mol. The zero-order valence-electron chi connectivity index (χ0n) is 9.73. The lowest BCUT2D eigenvalue weighted by Crippen LogP contribution is -2.32. The summed E-state index contributed by atoms with van der Waals surface area (Å²) in [4.78, 5) is 0. The van der Waals surface area contributed by atoms with Crippen LogP contribution in [-0.2, 0) is 0 Å². The van der Waals surface area contributed by atoms with E-state index in [4.69, 9.17) is 5.84 Å². The van der Waals surface area contributed by atoms with Gasteiger partial charge in [-0.1, -0.05) is 38.5 Å². The van der Waals surface area contributed by atoms with Crippen molar-refractivity contribution in [2.24, 2.45) is 11.8 Å². The Labute approximate surface area is 100 Å². The molecule has 0 saturated heterocycles. The van der Waals surface area contributed by atoms with Crippen LogP contribution in [0.3, 0.4) is 0 Å². The SMILES string of the molecule is CCC(C)C(NN)c1csc2ccccc12. The second-order valence-corrected chi connectivity index (χ2v) is 5.13. The highest BCUT2D eigenvalue weighted by Gasteiger charge is 2.19. The molecule has 0 aliphatic rings. The second kappa shape index (κ2) is 4.95. The molecule has 0 fully saturated rings. The molecule has 0 bridgehead atoms. The molecule has 2 nitrogen and oxygen atoms in total. The lowest BCUT2D eigenvalue weighted by atomic mass is 9.93. The van der Waals surface area contributed by atoms with Gasteiger partial charge in [0.1, 0.15) is 0 Å². The topological polar surface area (TPSA) is 38.0 Å². The van der Waals surface area contributed by atoms with Gasteiger partial charge in [-0.25, -0.2) is 0 Å². The molecule has 0 saturated carbocycles. The zero-order chi connectivity index (χ0) is 11.5. The fourth-order valence-electron chi connectivity index (χ4n) is 2.04. The molecule has 1 heterocycles. The third kappa shape index (κ3) is 1.98. The molecule has 0 radical (unpaired) electrons. The first-order valence-corrected chi connectivity index (χ1v) is 6.58. The van der Waals surface area contributed by atoms with Gasteiger partial charge in [0.05, 0.1) is 0 Å². The van der Waals surface area contributed by atoms with Crippen LogP contribution in [0, 0.1) is 5.92 Å². The summed E-state index contributed by atoms with van der Waals surface area (Å²) in [6.07, 6.45) is 1.12. The number of fused-ring (bicyclic) bond motifs is 1. The average Bonchev–Trinajstić information content (AvgIpc) is 2.74. The summed E-state index contributed by atoms with van der Waals surface area (Å²) in [7, 11) is 0. The molecule has 2 rings (SSSR count). The van der Waals surface area contributed by atoms with Crippen molar-refractivity contribution in [3.63, 3.8) is 0 Å². The number of rotatable bonds is 4. The third-order valence-corrected chi connectivity index (χ3v) is 4.22. The van der Waals surface area contributed by atoms with Gasteiger partial charge in [0.2, 0.25) is 0 Å². The number of thiophene rings is 1. The molecule has 86 valence electrons. The van der Waals surface area contributed by atoms with E-state index in [2.05, 4.69) is 48.9 Å². The fourth-order valence-corrected chi connectivity index (χ4v) is 3.03. The van der Waals surface area contributed by atoms with E-state index >= 15 is 0 Å². The molecule has 1 aromatic carbocycles. The normalized spacial score (nSPS) is 15.2. The Hall–Kier alpha value is -0.900. The first-order valence-electron chi connectivity index (χ1n) is 5.70. The van der Waals surface area contributed by atoms with Crippen LogP contribution in [0.2, 0.25) is 0 Å². The van der Waals surface area contributed by atoms with Crippen LogP contribution >= 0.6 is 11.3 Å². The predicted molar refractivity (Wildman–Crippen MR) is 71.3 cm³/mol. The molecule has 1 aromatic heterocycles. The van der Waals surface area contributed by atoms with E-state index in [0.29, 0.717) is 5.92 Å². The molecule has 0 aliphatic carbocycles. The summed E-state index contributed by atoms with van der Waals surface area (Å²) < 4.78 is 1.33. The number of hydrogen-bond donors (Lipinski definition) is 2. The monoisotopic (exact) mass is 234 g/mol. The van der Waals surface area contributed by atoms with Crippen LogP contribution in [0.5, 0.6) is 0 Å². The maximum Gasteiger partial charge on any atom is 0.0499 e. The van der Waals surface area contributed by atoms with Crippen LogP contribution in [0.4, 0.5) is 0 Å². The van der Waals surface area contributed by atoms with Gasteiger partial charge in [0, 0.05) is 10.7 Å². The molecule has 2 unspecified atom stereocenters. The summed E-state index contributed by atoms with van der Waals surface area (Å²) in [5.41, 5.74) is 4.28. The second-order valence-electron chi connectivity index (χ2n) is 4.22. The molecule has 2 atom stereocenters. The molecule has 0 aliphatic heterocycles. The van der Waals surface area contributed by atoms with Gasteiger partial charge in [-0.2, -0.15) is 0 Å². The van der Waals surface area contributed by atoms with E-state index in [0.717, 1.165) is 6.42 Å². The van der Waals surface area contributed by atoms with Crippen molar-refractivity contribution in [1.82, 2.24) is 5.43 Å². The molecule has 0 spiro atoms. The number of hydrogen-bond acceptors (Lipinski definition) is 3. The first-order chi connectivity index (χ1) is 7.77. The first kappa shape index (κ1) is 11.6. The molecule has 3 N–H and O–H groups in total. The van der Waals surface area contributed by atoms with Crippen molar-refractivity contribution < 1.29 is 0 Å². The summed E-state index contributed by atoms with van der Waals surface area (Å²) in [6, 6.07) is 8.75. The molecule has 16 heavy (non-hydrogen) atoms. The Morgan fingerprint density at radius 3 is 2.81 bits per heavy atom. The summed E-state index contributed by atoms with van der Waals surface area (Å²) in [6.45, 7) is 4.43. The molecule has 2 aromatic rings. The van der Waals surface area contributed by atoms with Crippen LogP contribution in [-0.4, -0.2) is 0 Å². The van der Waals surface area contributed by atoms with E-state index in [1.807, 2.05) is 0 Å². The highest BCUT2D eigenvalue weighted by atomic mass is 32.1. The number of nitrogens with one attached hydrogen (secondary N) is 1. The quantitative estimate of drug-likeness (QED) is 0.628. The van der Waals surface area contributed by atoms with Crippen molar-refractivity contribution >= 4 is 21.4 Å². The lowest BCUT2D eigenvalue weighted by Gasteiger charge is -2.21. The van der Waals surface area contributed by atoms with Crippen LogP contribution in [0.15, 0.2) is 29.6 Å². The van der Waals surface area contributed by atoms with Crippen LogP contribution in [0.1, 0.15) is 31.9 Å². The molecule has 3 heteroatoms. The van der Waals surface area contributed by atoms with Crippen LogP contribution < -0.4 is 11.3 Å². The molecular formula is C13H18N2S. The van der Waals surface area contributed by atoms with Gasteiger partial charge in [-0.15, -0.1) is 11.3 Å². The van der Waals surface area contributed by atoms with E-state index in [-0.39, 0.29) is 6.04 Å². The standard InChI is InChI=1S/C13H18N2S/c1-3-9(2)13(15-14)11-8-16-12-7-5-4-6-10(11)12/h4-9,13,15H,3,14H2,1-2H3. The van der Waals surface area contributed by atoms with Crippen molar-refractivity contribution in [3.05, 3.63) is 35.2 Å². The maximum absolute atomic E-state index is 5.69. The van der Waals surface area contributed by atoms with E-state index in [1.54, 1.807) is 11.3 Å². The van der Waals surface area contributed by atoms with E-state index in [1.165, 1.54) is 15.6 Å². The minimum Gasteiger partial charge on any atom is -0.271 e. The Morgan fingerprint density at radius 2 is 2.12 bits per heavy atom. The maximum atomic E-state index is 5.69. The predicted octanol–water partition coefficient (Wildman–Crippen LogP) is 3.45. The van der Waals surface area contributed by atoms with Gasteiger partial charge < -0.3 is 0 Å². The Balaban J connectivity index is 2.45. The van der Waals surface area contributed by atoms with Crippen molar-refractivity contribution in [2.75, 3.05) is 0 Å². The smallest absolute Gasteiger partial charge is 0.0499 e. The minimum absolute atomic E-state index is 0.251. The highest BCUT2D eigenvalue weighted by Crippen LogP contribution is 2.33. The van der Waals surface area contributed by atoms with Gasteiger partial charge in [0.25, 0.3) is 0 Å². The van der Waals surface area contributed by atoms with Crippen LogP contribution in [0.25, 0.3) is 10.1 Å². The Morgan fingerprint density at radius 1 is 1.38 bits per heavy atom. The van der Waals surface area contributed by atoms with E-state index in [9.17, 15) is 0 Å².